The van der Waals surface area contributed by atoms with Crippen molar-refractivity contribution in [3.63, 3.8) is 0 Å². The Hall–Kier alpha value is -2.08. The number of piperazine rings is 1. The Morgan fingerprint density at radius 1 is 1.04 bits per heavy atom. The quantitative estimate of drug-likeness (QED) is 0.688. The highest BCUT2D eigenvalue weighted by molar-refractivity contribution is 6.36. The Labute approximate surface area is 161 Å². The highest BCUT2D eigenvalue weighted by Gasteiger charge is 2.24. The minimum atomic E-state index is -0.0425. The molecule has 1 aromatic carbocycles. The predicted octanol–water partition coefficient (Wildman–Crippen LogP) is 3.60. The van der Waals surface area contributed by atoms with Gasteiger partial charge in [-0.3, -0.25) is 9.69 Å². The Balaban J connectivity index is 1.38. The van der Waals surface area contributed by atoms with Gasteiger partial charge in [0.2, 0.25) is 0 Å². The monoisotopic (exact) mass is 388 g/mol. The zero-order valence-electron chi connectivity index (χ0n) is 14.1. The third-order valence-corrected chi connectivity index (χ3v) is 5.18. The van der Waals surface area contributed by atoms with E-state index >= 15 is 0 Å². The van der Waals surface area contributed by atoms with Crippen molar-refractivity contribution in [1.29, 1.82) is 0 Å². The number of nitrogens with zero attached hydrogens (tertiary/aromatic N) is 4. The van der Waals surface area contributed by atoms with E-state index in [0.29, 0.717) is 28.7 Å². The van der Waals surface area contributed by atoms with Gasteiger partial charge in [0.05, 0.1) is 21.8 Å². The van der Waals surface area contributed by atoms with Gasteiger partial charge in [0, 0.05) is 43.9 Å². The minimum Gasteiger partial charge on any atom is -0.336 e. The maximum Gasteiger partial charge on any atom is 0.255 e. The van der Waals surface area contributed by atoms with Crippen LogP contribution in [0.1, 0.15) is 16.1 Å². The number of aromatic nitrogens is 2. The Morgan fingerprint density at radius 3 is 2.58 bits per heavy atom. The van der Waals surface area contributed by atoms with Gasteiger partial charge >= 0.3 is 0 Å². The zero-order valence-corrected chi connectivity index (χ0v) is 15.6. The standard InChI is InChI=1S/C19H18Cl2N4O/c20-14-4-5-17(18(21)11-14)19(26)24-9-7-23(8-10-24)13-15-12-16-3-1-2-6-25(16)22-15/h1-6,11-12H,7-10,13H2. The molecule has 1 amide bonds. The van der Waals surface area contributed by atoms with Crippen molar-refractivity contribution in [3.8, 4) is 0 Å². The second-order valence-electron chi connectivity index (χ2n) is 6.40. The van der Waals surface area contributed by atoms with E-state index in [-0.39, 0.29) is 5.91 Å². The van der Waals surface area contributed by atoms with Crippen LogP contribution in [0.25, 0.3) is 5.52 Å². The molecule has 1 saturated heterocycles. The van der Waals surface area contributed by atoms with Crippen molar-refractivity contribution >= 4 is 34.6 Å². The molecular formula is C19H18Cl2N4O. The Bertz CT molecular complexity index is 915. The lowest BCUT2D eigenvalue weighted by Crippen LogP contribution is -2.48. The molecule has 5 nitrogen and oxygen atoms in total. The molecule has 2 aromatic heterocycles. The summed E-state index contributed by atoms with van der Waals surface area (Å²) in [6.07, 6.45) is 1.95. The third-order valence-electron chi connectivity index (χ3n) is 4.63. The van der Waals surface area contributed by atoms with Crippen LogP contribution in [-0.2, 0) is 6.54 Å². The van der Waals surface area contributed by atoms with Crippen molar-refractivity contribution in [3.05, 3.63) is 70.0 Å². The van der Waals surface area contributed by atoms with Crippen LogP contribution in [-0.4, -0.2) is 51.5 Å². The van der Waals surface area contributed by atoms with Crippen LogP contribution in [0.3, 0.4) is 0 Å². The van der Waals surface area contributed by atoms with Crippen LogP contribution in [0.5, 0.6) is 0 Å². The number of fused-ring (bicyclic) bond motifs is 1. The van der Waals surface area contributed by atoms with Gasteiger partial charge in [0.1, 0.15) is 0 Å². The van der Waals surface area contributed by atoms with E-state index in [1.165, 1.54) is 0 Å². The van der Waals surface area contributed by atoms with E-state index in [9.17, 15) is 4.79 Å². The van der Waals surface area contributed by atoms with Gasteiger partial charge in [0.15, 0.2) is 0 Å². The van der Waals surface area contributed by atoms with Crippen molar-refractivity contribution in [1.82, 2.24) is 19.4 Å². The molecule has 1 aliphatic heterocycles. The van der Waals surface area contributed by atoms with E-state index in [0.717, 1.165) is 30.8 Å². The van der Waals surface area contributed by atoms with Crippen LogP contribution in [0.15, 0.2) is 48.7 Å². The van der Waals surface area contributed by atoms with Gasteiger partial charge in [-0.2, -0.15) is 5.10 Å². The van der Waals surface area contributed by atoms with Crippen LogP contribution >= 0.6 is 23.2 Å². The molecule has 0 saturated carbocycles. The fraction of sp³-hybridized carbons (Fsp3) is 0.263. The molecule has 26 heavy (non-hydrogen) atoms. The molecule has 0 N–H and O–H groups in total. The Kier molecular flexibility index (Phi) is 4.85. The van der Waals surface area contributed by atoms with Crippen molar-refractivity contribution in [2.24, 2.45) is 0 Å². The number of hydrogen-bond donors (Lipinski definition) is 0. The summed E-state index contributed by atoms with van der Waals surface area (Å²) in [5.74, 6) is -0.0425. The molecule has 0 aliphatic carbocycles. The maximum atomic E-state index is 12.7. The SMILES string of the molecule is O=C(c1ccc(Cl)cc1Cl)N1CCN(Cc2cc3ccccn3n2)CC1. The highest BCUT2D eigenvalue weighted by atomic mass is 35.5. The van der Waals surface area contributed by atoms with Crippen molar-refractivity contribution in [2.45, 2.75) is 6.54 Å². The average molecular weight is 389 g/mol. The minimum absolute atomic E-state index is 0.0425. The molecule has 4 rings (SSSR count). The second-order valence-corrected chi connectivity index (χ2v) is 7.24. The summed E-state index contributed by atoms with van der Waals surface area (Å²) < 4.78 is 1.89. The molecular weight excluding hydrogens is 371 g/mol. The third kappa shape index (κ3) is 3.56. The van der Waals surface area contributed by atoms with E-state index in [2.05, 4.69) is 16.1 Å². The molecule has 134 valence electrons. The average Bonchev–Trinajstić information content (AvgIpc) is 3.04. The molecule has 7 heteroatoms. The fourth-order valence-electron chi connectivity index (χ4n) is 3.24. The molecule has 0 radical (unpaired) electrons. The summed E-state index contributed by atoms with van der Waals surface area (Å²) in [6.45, 7) is 3.75. The topological polar surface area (TPSA) is 40.9 Å². The molecule has 3 heterocycles. The summed E-state index contributed by atoms with van der Waals surface area (Å²) in [4.78, 5) is 16.8. The van der Waals surface area contributed by atoms with Gasteiger partial charge in [0.25, 0.3) is 5.91 Å². The number of hydrogen-bond acceptors (Lipinski definition) is 3. The van der Waals surface area contributed by atoms with Gasteiger partial charge in [-0.1, -0.05) is 29.3 Å². The lowest BCUT2D eigenvalue weighted by atomic mass is 10.1. The van der Waals surface area contributed by atoms with Gasteiger partial charge in [-0.05, 0) is 36.4 Å². The van der Waals surface area contributed by atoms with Gasteiger partial charge in [-0.15, -0.1) is 0 Å². The number of carbonyl (C=O) groups is 1. The van der Waals surface area contributed by atoms with Gasteiger partial charge < -0.3 is 4.90 Å². The van der Waals surface area contributed by atoms with E-state index in [1.807, 2.05) is 33.8 Å². The molecule has 0 bridgehead atoms. The molecule has 1 aliphatic rings. The number of benzene rings is 1. The number of carbonyl (C=O) groups excluding carboxylic acids is 1. The highest BCUT2D eigenvalue weighted by Crippen LogP contribution is 2.23. The number of rotatable bonds is 3. The normalized spacial score (nSPS) is 15.5. The first-order chi connectivity index (χ1) is 12.6. The van der Waals surface area contributed by atoms with Crippen LogP contribution in [0, 0.1) is 0 Å². The van der Waals surface area contributed by atoms with E-state index in [1.54, 1.807) is 18.2 Å². The fourth-order valence-corrected chi connectivity index (χ4v) is 3.73. The second kappa shape index (κ2) is 7.27. The first kappa shape index (κ1) is 17.3. The predicted molar refractivity (Wildman–Crippen MR) is 103 cm³/mol. The smallest absolute Gasteiger partial charge is 0.255 e. The van der Waals surface area contributed by atoms with Crippen LogP contribution in [0.4, 0.5) is 0 Å². The van der Waals surface area contributed by atoms with Crippen molar-refractivity contribution < 1.29 is 4.79 Å². The number of halogens is 2. The first-order valence-electron chi connectivity index (χ1n) is 8.50. The van der Waals surface area contributed by atoms with Gasteiger partial charge in [-0.25, -0.2) is 4.52 Å². The molecule has 0 unspecified atom stereocenters. The molecule has 0 atom stereocenters. The van der Waals surface area contributed by atoms with Crippen molar-refractivity contribution in [2.75, 3.05) is 26.2 Å². The molecule has 0 spiro atoms. The lowest BCUT2D eigenvalue weighted by Gasteiger charge is -2.34. The first-order valence-corrected chi connectivity index (χ1v) is 9.26. The van der Waals surface area contributed by atoms with Crippen LogP contribution in [0.2, 0.25) is 10.0 Å². The summed E-state index contributed by atoms with van der Waals surface area (Å²) in [6, 6.07) is 13.1. The Morgan fingerprint density at radius 2 is 1.85 bits per heavy atom. The lowest BCUT2D eigenvalue weighted by molar-refractivity contribution is 0.0627. The number of pyridine rings is 1. The molecule has 3 aromatic rings. The zero-order chi connectivity index (χ0) is 18.1. The summed E-state index contributed by atoms with van der Waals surface area (Å²) in [5, 5.41) is 5.52. The summed E-state index contributed by atoms with van der Waals surface area (Å²) >= 11 is 12.1. The summed E-state index contributed by atoms with van der Waals surface area (Å²) in [5.41, 5.74) is 2.63. The van der Waals surface area contributed by atoms with E-state index in [4.69, 9.17) is 23.2 Å². The maximum absolute atomic E-state index is 12.7. The van der Waals surface area contributed by atoms with E-state index < -0.39 is 0 Å². The number of amides is 1. The summed E-state index contributed by atoms with van der Waals surface area (Å²) in [7, 11) is 0. The molecule has 1 fully saturated rings. The largest absolute Gasteiger partial charge is 0.336 e. The van der Waals surface area contributed by atoms with Crippen LogP contribution < -0.4 is 0 Å².